The van der Waals surface area contributed by atoms with Crippen molar-refractivity contribution >= 4 is 10.9 Å². The Labute approximate surface area is 83.1 Å². The second-order valence-electron chi connectivity index (χ2n) is 3.82. The van der Waals surface area contributed by atoms with E-state index in [1.807, 2.05) is 6.07 Å². The molecule has 0 unspecified atom stereocenters. The number of ether oxygens (including phenoxy) is 1. The van der Waals surface area contributed by atoms with Gasteiger partial charge in [0.25, 0.3) is 0 Å². The first-order chi connectivity index (χ1) is 6.88. The van der Waals surface area contributed by atoms with Crippen molar-refractivity contribution in [3.63, 3.8) is 0 Å². The highest BCUT2D eigenvalue weighted by Gasteiger charge is 2.14. The average molecular weight is 187 g/mol. The minimum Gasteiger partial charge on any atom is -0.497 e. The summed E-state index contributed by atoms with van der Waals surface area (Å²) in [6.45, 7) is 1.16. The Morgan fingerprint density at radius 3 is 3.07 bits per heavy atom. The van der Waals surface area contributed by atoms with Crippen LogP contribution in [0.2, 0.25) is 0 Å². The van der Waals surface area contributed by atoms with Crippen LogP contribution >= 0.6 is 0 Å². The van der Waals surface area contributed by atoms with Crippen LogP contribution in [0.3, 0.4) is 0 Å². The van der Waals surface area contributed by atoms with Crippen LogP contribution in [0.25, 0.3) is 10.9 Å². The van der Waals surface area contributed by atoms with Crippen molar-refractivity contribution in [1.82, 2.24) is 4.57 Å². The predicted molar refractivity (Wildman–Crippen MR) is 56.8 cm³/mol. The Kier molecular flexibility index (Phi) is 1.57. The zero-order valence-corrected chi connectivity index (χ0v) is 8.29. The lowest BCUT2D eigenvalue weighted by atomic mass is 10.2. The number of rotatable bonds is 1. The van der Waals surface area contributed by atoms with Gasteiger partial charge in [-0.3, -0.25) is 0 Å². The monoisotopic (exact) mass is 187 g/mol. The van der Waals surface area contributed by atoms with Crippen molar-refractivity contribution in [2.45, 2.75) is 19.4 Å². The molecule has 1 aromatic carbocycles. The predicted octanol–water partition coefficient (Wildman–Crippen LogP) is 2.60. The van der Waals surface area contributed by atoms with Gasteiger partial charge in [-0.25, -0.2) is 0 Å². The van der Waals surface area contributed by atoms with Gasteiger partial charge in [0.05, 0.1) is 12.6 Å². The minimum atomic E-state index is 0.949. The lowest BCUT2D eigenvalue weighted by Gasteiger charge is -2.02. The van der Waals surface area contributed by atoms with Gasteiger partial charge in [0, 0.05) is 23.7 Å². The number of aromatic nitrogens is 1. The summed E-state index contributed by atoms with van der Waals surface area (Å²) in [6, 6.07) is 8.59. The van der Waals surface area contributed by atoms with Gasteiger partial charge in [-0.1, -0.05) is 0 Å². The van der Waals surface area contributed by atoms with Crippen LogP contribution in [-0.4, -0.2) is 11.7 Å². The van der Waals surface area contributed by atoms with Crippen LogP contribution in [0.4, 0.5) is 0 Å². The normalized spacial score (nSPS) is 14.6. The van der Waals surface area contributed by atoms with E-state index in [4.69, 9.17) is 4.74 Å². The molecule has 2 heteroatoms. The molecule has 0 saturated carbocycles. The lowest BCUT2D eigenvalue weighted by Crippen LogP contribution is -1.91. The van der Waals surface area contributed by atoms with Gasteiger partial charge in [-0.15, -0.1) is 0 Å². The van der Waals surface area contributed by atoms with Gasteiger partial charge in [0.1, 0.15) is 5.75 Å². The van der Waals surface area contributed by atoms with Gasteiger partial charge in [0.2, 0.25) is 0 Å². The second-order valence-corrected chi connectivity index (χ2v) is 3.82. The van der Waals surface area contributed by atoms with Crippen molar-refractivity contribution in [2.75, 3.05) is 7.11 Å². The van der Waals surface area contributed by atoms with Crippen LogP contribution in [0.1, 0.15) is 12.1 Å². The van der Waals surface area contributed by atoms with Crippen LogP contribution < -0.4 is 4.74 Å². The first kappa shape index (κ1) is 7.92. The number of fused-ring (bicyclic) bond motifs is 3. The Morgan fingerprint density at radius 2 is 2.21 bits per heavy atom. The second kappa shape index (κ2) is 2.77. The number of aryl methyl sites for hydroxylation is 2. The van der Waals surface area contributed by atoms with Crippen LogP contribution in [-0.2, 0) is 13.0 Å². The molecule has 1 aromatic heterocycles. The van der Waals surface area contributed by atoms with E-state index in [2.05, 4.69) is 22.8 Å². The molecule has 0 amide bonds. The van der Waals surface area contributed by atoms with E-state index in [0.717, 1.165) is 12.3 Å². The highest BCUT2D eigenvalue weighted by molar-refractivity contribution is 5.83. The molecule has 0 spiro atoms. The minimum absolute atomic E-state index is 0.949. The van der Waals surface area contributed by atoms with Crippen molar-refractivity contribution < 1.29 is 4.74 Å². The molecule has 1 aliphatic rings. The summed E-state index contributed by atoms with van der Waals surface area (Å²) in [7, 11) is 1.72. The van der Waals surface area contributed by atoms with Gasteiger partial charge in [-0.2, -0.15) is 0 Å². The summed E-state index contributed by atoms with van der Waals surface area (Å²) >= 11 is 0. The zero-order valence-electron chi connectivity index (χ0n) is 8.29. The maximum atomic E-state index is 5.24. The fourth-order valence-electron chi connectivity index (χ4n) is 2.31. The van der Waals surface area contributed by atoms with E-state index in [0.29, 0.717) is 0 Å². The maximum Gasteiger partial charge on any atom is 0.120 e. The Hall–Kier alpha value is -1.44. The summed E-state index contributed by atoms with van der Waals surface area (Å²) < 4.78 is 7.64. The fraction of sp³-hybridized carbons (Fsp3) is 0.333. The molecule has 0 radical (unpaired) electrons. The molecule has 0 saturated heterocycles. The van der Waals surface area contributed by atoms with Crippen molar-refractivity contribution in [3.8, 4) is 5.75 Å². The summed E-state index contributed by atoms with van der Waals surface area (Å²) in [5.41, 5.74) is 2.78. The number of nitrogens with zero attached hydrogens (tertiary/aromatic N) is 1. The highest BCUT2D eigenvalue weighted by Crippen LogP contribution is 2.28. The molecule has 0 atom stereocenters. The van der Waals surface area contributed by atoms with E-state index in [1.165, 1.54) is 29.4 Å². The van der Waals surface area contributed by atoms with Crippen LogP contribution in [0, 0.1) is 0 Å². The third-order valence-electron chi connectivity index (χ3n) is 3.01. The third kappa shape index (κ3) is 0.969. The SMILES string of the molecule is COc1ccc2cc3n(c2c1)CCC3. The molecule has 14 heavy (non-hydrogen) atoms. The van der Waals surface area contributed by atoms with Crippen LogP contribution in [0.5, 0.6) is 5.75 Å². The number of benzene rings is 1. The van der Waals surface area contributed by atoms with E-state index >= 15 is 0 Å². The standard InChI is InChI=1S/C12H13NO/c1-14-11-5-4-9-7-10-3-2-6-13(10)12(9)8-11/h4-5,7-8H,2-3,6H2,1H3. The number of methoxy groups -OCH3 is 1. The molecule has 2 aromatic rings. The largest absolute Gasteiger partial charge is 0.497 e. The molecule has 0 fully saturated rings. The molecule has 0 aliphatic carbocycles. The van der Waals surface area contributed by atoms with Crippen molar-refractivity contribution in [2.24, 2.45) is 0 Å². The topological polar surface area (TPSA) is 14.2 Å². The quantitative estimate of drug-likeness (QED) is 0.669. The molecule has 0 bridgehead atoms. The first-order valence-corrected chi connectivity index (χ1v) is 5.04. The maximum absolute atomic E-state index is 5.24. The van der Waals surface area contributed by atoms with Gasteiger partial charge in [0.15, 0.2) is 0 Å². The zero-order chi connectivity index (χ0) is 9.54. The fourth-order valence-corrected chi connectivity index (χ4v) is 2.31. The van der Waals surface area contributed by atoms with E-state index in [1.54, 1.807) is 7.11 Å². The summed E-state index contributed by atoms with van der Waals surface area (Å²) in [4.78, 5) is 0. The molecule has 3 rings (SSSR count). The molecular weight excluding hydrogens is 174 g/mol. The molecular formula is C12H13NO. The summed E-state index contributed by atoms with van der Waals surface area (Å²) in [5, 5.41) is 1.33. The smallest absolute Gasteiger partial charge is 0.120 e. The summed E-state index contributed by atoms with van der Waals surface area (Å²) in [6.07, 6.45) is 2.50. The number of hydrogen-bond donors (Lipinski definition) is 0. The van der Waals surface area contributed by atoms with Gasteiger partial charge in [-0.05, 0) is 31.0 Å². The molecule has 2 heterocycles. The van der Waals surface area contributed by atoms with Gasteiger partial charge < -0.3 is 9.30 Å². The Morgan fingerprint density at radius 1 is 1.29 bits per heavy atom. The molecule has 72 valence electrons. The molecule has 2 nitrogen and oxygen atoms in total. The Bertz CT molecular complexity index is 484. The van der Waals surface area contributed by atoms with E-state index in [9.17, 15) is 0 Å². The average Bonchev–Trinajstić information content (AvgIpc) is 2.76. The Balaban J connectivity index is 2.29. The molecule has 1 aliphatic heterocycles. The van der Waals surface area contributed by atoms with E-state index in [-0.39, 0.29) is 0 Å². The first-order valence-electron chi connectivity index (χ1n) is 5.04. The number of hydrogen-bond acceptors (Lipinski definition) is 1. The van der Waals surface area contributed by atoms with E-state index < -0.39 is 0 Å². The van der Waals surface area contributed by atoms with Crippen molar-refractivity contribution in [1.29, 1.82) is 0 Å². The third-order valence-corrected chi connectivity index (χ3v) is 3.01. The lowest BCUT2D eigenvalue weighted by molar-refractivity contribution is 0.415. The highest BCUT2D eigenvalue weighted by atomic mass is 16.5. The van der Waals surface area contributed by atoms with Gasteiger partial charge >= 0.3 is 0 Å². The molecule has 0 N–H and O–H groups in total. The summed E-state index contributed by atoms with van der Waals surface area (Å²) in [5.74, 6) is 0.949. The van der Waals surface area contributed by atoms with Crippen molar-refractivity contribution in [3.05, 3.63) is 30.0 Å². The van der Waals surface area contributed by atoms with Crippen LogP contribution in [0.15, 0.2) is 24.3 Å².